The van der Waals surface area contributed by atoms with Gasteiger partial charge in [-0.15, -0.1) is 0 Å². The van der Waals surface area contributed by atoms with Crippen LogP contribution < -0.4 is 5.32 Å². The molecule has 0 radical (unpaired) electrons. The lowest BCUT2D eigenvalue weighted by Gasteiger charge is -2.13. The minimum absolute atomic E-state index is 0.368. The van der Waals surface area contributed by atoms with Crippen LogP contribution in [0, 0.1) is 5.92 Å². The maximum absolute atomic E-state index is 9.70. The zero-order valence-corrected chi connectivity index (χ0v) is 13.3. The van der Waals surface area contributed by atoms with Crippen molar-refractivity contribution in [3.05, 3.63) is 0 Å². The van der Waals surface area contributed by atoms with Crippen LogP contribution in [0.15, 0.2) is 0 Å². The summed E-state index contributed by atoms with van der Waals surface area (Å²) in [6.07, 6.45) is 8.47. The van der Waals surface area contributed by atoms with E-state index in [1.165, 1.54) is 32.1 Å². The van der Waals surface area contributed by atoms with Crippen molar-refractivity contribution in [3.63, 3.8) is 0 Å². The Bertz CT molecular complexity index is 174. The number of aliphatic hydroxyl groups excluding tert-OH is 1. The minimum atomic E-state index is -0.368. The molecule has 0 heterocycles. The number of hydrogen-bond acceptors (Lipinski definition) is 3. The zero-order chi connectivity index (χ0) is 14.3. The highest BCUT2D eigenvalue weighted by atomic mass is 16.5. The van der Waals surface area contributed by atoms with Gasteiger partial charge in [-0.2, -0.15) is 0 Å². The first-order chi connectivity index (χ1) is 9.16. The van der Waals surface area contributed by atoms with E-state index in [0.29, 0.717) is 19.1 Å². The van der Waals surface area contributed by atoms with Crippen molar-refractivity contribution in [2.75, 3.05) is 26.3 Å². The summed E-state index contributed by atoms with van der Waals surface area (Å²) in [5.41, 5.74) is 0. The fourth-order valence-electron chi connectivity index (χ4n) is 1.92. The van der Waals surface area contributed by atoms with Crippen LogP contribution in [0.5, 0.6) is 0 Å². The Morgan fingerprint density at radius 3 is 2.42 bits per heavy atom. The molecule has 1 atom stereocenters. The number of ether oxygens (including phenoxy) is 1. The van der Waals surface area contributed by atoms with Gasteiger partial charge in [0.15, 0.2) is 0 Å². The van der Waals surface area contributed by atoms with Crippen molar-refractivity contribution < 1.29 is 9.84 Å². The van der Waals surface area contributed by atoms with Crippen LogP contribution in [0.2, 0.25) is 0 Å². The first-order valence-electron chi connectivity index (χ1n) is 8.13. The molecule has 3 heteroatoms. The van der Waals surface area contributed by atoms with E-state index >= 15 is 0 Å². The standard InChI is InChI=1S/C16H35NO2/c1-4-5-6-7-8-9-12-19-14-16(18)13-17-11-10-15(2)3/h15-18H,4-14H2,1-3H3. The van der Waals surface area contributed by atoms with E-state index in [-0.39, 0.29) is 6.10 Å². The third kappa shape index (κ3) is 15.8. The lowest BCUT2D eigenvalue weighted by molar-refractivity contribution is 0.0354. The predicted molar refractivity (Wildman–Crippen MR) is 82.5 cm³/mol. The van der Waals surface area contributed by atoms with Gasteiger partial charge in [0.05, 0.1) is 12.7 Å². The second kappa shape index (κ2) is 14.3. The molecule has 0 amide bonds. The molecule has 2 N–H and O–H groups in total. The number of nitrogens with one attached hydrogen (secondary N) is 1. The van der Waals surface area contributed by atoms with E-state index < -0.39 is 0 Å². The Kier molecular flexibility index (Phi) is 14.2. The fraction of sp³-hybridized carbons (Fsp3) is 1.00. The topological polar surface area (TPSA) is 41.5 Å². The van der Waals surface area contributed by atoms with Crippen molar-refractivity contribution in [1.82, 2.24) is 5.32 Å². The summed E-state index contributed by atoms with van der Waals surface area (Å²) in [6.45, 7) is 9.53. The lowest BCUT2D eigenvalue weighted by Crippen LogP contribution is -2.31. The van der Waals surface area contributed by atoms with Gasteiger partial charge in [-0.05, 0) is 25.3 Å². The number of aliphatic hydroxyl groups is 1. The van der Waals surface area contributed by atoms with E-state index in [0.717, 1.165) is 26.0 Å². The van der Waals surface area contributed by atoms with Gasteiger partial charge in [0.25, 0.3) is 0 Å². The third-order valence-electron chi connectivity index (χ3n) is 3.23. The molecule has 19 heavy (non-hydrogen) atoms. The van der Waals surface area contributed by atoms with Crippen molar-refractivity contribution >= 4 is 0 Å². The molecule has 116 valence electrons. The van der Waals surface area contributed by atoms with Gasteiger partial charge >= 0.3 is 0 Å². The van der Waals surface area contributed by atoms with Gasteiger partial charge in [0.2, 0.25) is 0 Å². The largest absolute Gasteiger partial charge is 0.389 e. The summed E-state index contributed by atoms with van der Waals surface area (Å²) in [5.74, 6) is 0.716. The second-order valence-corrected chi connectivity index (χ2v) is 5.88. The maximum Gasteiger partial charge on any atom is 0.0897 e. The van der Waals surface area contributed by atoms with Gasteiger partial charge in [0, 0.05) is 13.2 Å². The highest BCUT2D eigenvalue weighted by molar-refractivity contribution is 4.59. The summed E-state index contributed by atoms with van der Waals surface area (Å²) in [5, 5.41) is 13.0. The fourth-order valence-corrected chi connectivity index (χ4v) is 1.92. The monoisotopic (exact) mass is 273 g/mol. The van der Waals surface area contributed by atoms with Crippen LogP contribution in [0.4, 0.5) is 0 Å². The summed E-state index contributed by atoms with van der Waals surface area (Å²) in [6, 6.07) is 0. The molecule has 0 bridgehead atoms. The van der Waals surface area contributed by atoms with Gasteiger partial charge in [0.1, 0.15) is 0 Å². The molecule has 0 aliphatic heterocycles. The van der Waals surface area contributed by atoms with Crippen LogP contribution in [0.25, 0.3) is 0 Å². The van der Waals surface area contributed by atoms with Crippen LogP contribution in [-0.2, 0) is 4.74 Å². The van der Waals surface area contributed by atoms with Crippen molar-refractivity contribution in [1.29, 1.82) is 0 Å². The molecular formula is C16H35NO2. The van der Waals surface area contributed by atoms with Gasteiger partial charge < -0.3 is 15.2 Å². The van der Waals surface area contributed by atoms with Crippen molar-refractivity contribution in [3.8, 4) is 0 Å². The molecule has 3 nitrogen and oxygen atoms in total. The Balaban J connectivity index is 3.13. The molecule has 0 rings (SSSR count). The molecule has 0 saturated heterocycles. The smallest absolute Gasteiger partial charge is 0.0897 e. The Hall–Kier alpha value is -0.120. The second-order valence-electron chi connectivity index (χ2n) is 5.88. The molecule has 0 saturated carbocycles. The Morgan fingerprint density at radius 1 is 1.05 bits per heavy atom. The molecule has 0 aromatic rings. The maximum atomic E-state index is 9.70. The van der Waals surface area contributed by atoms with Crippen LogP contribution >= 0.6 is 0 Å². The van der Waals surface area contributed by atoms with Gasteiger partial charge in [-0.25, -0.2) is 0 Å². The summed E-state index contributed by atoms with van der Waals surface area (Å²) in [4.78, 5) is 0. The van der Waals surface area contributed by atoms with Crippen LogP contribution in [0.1, 0.15) is 65.7 Å². The normalized spacial score (nSPS) is 13.1. The van der Waals surface area contributed by atoms with Crippen LogP contribution in [0.3, 0.4) is 0 Å². The highest BCUT2D eigenvalue weighted by Gasteiger charge is 2.03. The molecule has 0 aliphatic carbocycles. The molecule has 0 fully saturated rings. The molecule has 0 aliphatic rings. The first kappa shape index (κ1) is 18.9. The highest BCUT2D eigenvalue weighted by Crippen LogP contribution is 2.04. The first-order valence-corrected chi connectivity index (χ1v) is 8.13. The average molecular weight is 273 g/mol. The quantitative estimate of drug-likeness (QED) is 0.477. The summed E-state index contributed by atoms with van der Waals surface area (Å²) in [7, 11) is 0. The van der Waals surface area contributed by atoms with E-state index in [1.807, 2.05) is 0 Å². The number of rotatable bonds is 14. The van der Waals surface area contributed by atoms with Gasteiger partial charge in [-0.3, -0.25) is 0 Å². The lowest BCUT2D eigenvalue weighted by atomic mass is 10.1. The molecular weight excluding hydrogens is 238 g/mol. The third-order valence-corrected chi connectivity index (χ3v) is 3.23. The predicted octanol–water partition coefficient (Wildman–Crippen LogP) is 3.36. The molecule has 0 spiro atoms. The van der Waals surface area contributed by atoms with Crippen molar-refractivity contribution in [2.24, 2.45) is 5.92 Å². The minimum Gasteiger partial charge on any atom is -0.389 e. The molecule has 0 aromatic heterocycles. The van der Waals surface area contributed by atoms with Gasteiger partial charge in [-0.1, -0.05) is 52.9 Å². The summed E-state index contributed by atoms with van der Waals surface area (Å²) >= 11 is 0. The Morgan fingerprint density at radius 2 is 1.74 bits per heavy atom. The number of hydrogen-bond donors (Lipinski definition) is 2. The Labute approximate surface area is 120 Å². The molecule has 1 unspecified atom stereocenters. The molecule has 0 aromatic carbocycles. The van der Waals surface area contributed by atoms with Crippen LogP contribution in [-0.4, -0.2) is 37.5 Å². The number of unbranched alkanes of at least 4 members (excludes halogenated alkanes) is 5. The summed E-state index contributed by atoms with van der Waals surface area (Å²) < 4.78 is 5.49. The SMILES string of the molecule is CCCCCCCCOCC(O)CNCCC(C)C. The van der Waals surface area contributed by atoms with E-state index in [9.17, 15) is 5.11 Å². The average Bonchev–Trinajstić information content (AvgIpc) is 2.37. The van der Waals surface area contributed by atoms with Crippen molar-refractivity contribution in [2.45, 2.75) is 71.8 Å². The van der Waals surface area contributed by atoms with E-state index in [1.54, 1.807) is 0 Å². The van der Waals surface area contributed by atoms with E-state index in [2.05, 4.69) is 26.1 Å². The van der Waals surface area contributed by atoms with E-state index in [4.69, 9.17) is 4.74 Å². The zero-order valence-electron chi connectivity index (χ0n) is 13.3.